The Bertz CT molecular complexity index is 1010. The highest BCUT2D eigenvalue weighted by atomic mass is 35.5. The highest BCUT2D eigenvalue weighted by molar-refractivity contribution is 7.91. The molecule has 1 aliphatic rings. The van der Waals surface area contributed by atoms with Gasteiger partial charge in [0.2, 0.25) is 0 Å². The number of anilines is 1. The maximum Gasteiger partial charge on any atom is 0.257 e. The van der Waals surface area contributed by atoms with Crippen LogP contribution in [-0.2, 0) is 21.1 Å². The second kappa shape index (κ2) is 7.91. The first-order valence-electron chi connectivity index (χ1n) is 8.75. The van der Waals surface area contributed by atoms with Gasteiger partial charge in [-0.05, 0) is 48.0 Å². The van der Waals surface area contributed by atoms with Crippen LogP contribution in [0.25, 0.3) is 0 Å². The lowest BCUT2D eigenvalue weighted by Gasteiger charge is -2.30. The lowest BCUT2D eigenvalue weighted by molar-refractivity contribution is -0.148. The summed E-state index contributed by atoms with van der Waals surface area (Å²) < 4.78 is 32.8. The summed E-state index contributed by atoms with van der Waals surface area (Å²) in [5, 5.41) is 24.0. The number of nitrogens with zero attached hydrogens (tertiary/aromatic N) is 1. The van der Waals surface area contributed by atoms with Gasteiger partial charge in [0, 0.05) is 41.4 Å². The molecule has 3 rings (SSSR count). The molecular weight excluding hydrogens is 421 g/mol. The van der Waals surface area contributed by atoms with Gasteiger partial charge >= 0.3 is 0 Å². The zero-order valence-electron chi connectivity index (χ0n) is 15.6. The van der Waals surface area contributed by atoms with Gasteiger partial charge in [-0.15, -0.1) is 0 Å². The second-order valence-electron chi connectivity index (χ2n) is 7.04. The number of aliphatic hydroxyl groups excluding tert-OH is 1. The van der Waals surface area contributed by atoms with Crippen LogP contribution in [0.5, 0.6) is 0 Å². The quantitative estimate of drug-likeness (QED) is 0.567. The average molecular weight is 442 g/mol. The Morgan fingerprint density at radius 3 is 2.62 bits per heavy atom. The number of carbonyl (C=O) groups is 1. The number of nitrogens with one attached hydrogen (secondary N) is 2. The lowest BCUT2D eigenvalue weighted by atomic mass is 10.00. The predicted octanol–water partition coefficient (Wildman–Crippen LogP) is 2.09. The molecule has 1 fully saturated rings. The summed E-state index contributed by atoms with van der Waals surface area (Å²) in [6.07, 6.45) is -0.220. The molecule has 1 aliphatic heterocycles. The standard InChI is InChI=1S/C19H21ClFN3O4S/c1-29(22,28)16-4-2-15(3-5-16)24-7-6-19(27,18(24)26)17(25)23-11-12-8-13(20)10-14(21)9-12/h2-5,8-10,18,22,26-27H,6-7,11H2,1H3,(H,23,25)/t18?,19-,29+/m0/s1. The molecule has 2 aromatic carbocycles. The number of amides is 1. The SMILES string of the molecule is C[S@@](=N)(=O)c1ccc(N2CC[C@](O)(C(=O)NCc3cc(F)cc(Cl)c3)C2O)cc1. The molecule has 2 aromatic rings. The van der Waals surface area contributed by atoms with Gasteiger partial charge in [0.15, 0.2) is 11.8 Å². The van der Waals surface area contributed by atoms with E-state index >= 15 is 0 Å². The Morgan fingerprint density at radius 2 is 2.03 bits per heavy atom. The van der Waals surface area contributed by atoms with Crippen molar-refractivity contribution in [2.45, 2.75) is 29.7 Å². The van der Waals surface area contributed by atoms with Gasteiger partial charge in [-0.1, -0.05) is 11.6 Å². The van der Waals surface area contributed by atoms with Gasteiger partial charge in [-0.3, -0.25) is 4.79 Å². The van der Waals surface area contributed by atoms with E-state index in [1.165, 1.54) is 35.4 Å². The first-order valence-corrected chi connectivity index (χ1v) is 11.1. The first-order chi connectivity index (χ1) is 13.5. The smallest absolute Gasteiger partial charge is 0.257 e. The van der Waals surface area contributed by atoms with Crippen LogP contribution < -0.4 is 10.2 Å². The average Bonchev–Trinajstić information content (AvgIpc) is 2.94. The van der Waals surface area contributed by atoms with E-state index in [0.29, 0.717) is 16.1 Å². The molecule has 1 amide bonds. The van der Waals surface area contributed by atoms with Gasteiger partial charge in [0.1, 0.15) is 5.82 Å². The molecule has 0 radical (unpaired) electrons. The van der Waals surface area contributed by atoms with Crippen molar-refractivity contribution >= 4 is 32.9 Å². The largest absolute Gasteiger partial charge is 0.376 e. The van der Waals surface area contributed by atoms with Crippen LogP contribution in [0, 0.1) is 10.6 Å². The Kier molecular flexibility index (Phi) is 5.86. The van der Waals surface area contributed by atoms with Crippen LogP contribution in [0.1, 0.15) is 12.0 Å². The number of halogens is 2. The van der Waals surface area contributed by atoms with Crippen molar-refractivity contribution < 1.29 is 23.6 Å². The van der Waals surface area contributed by atoms with Crippen LogP contribution in [0.3, 0.4) is 0 Å². The van der Waals surface area contributed by atoms with Crippen LogP contribution in [-0.4, -0.2) is 45.0 Å². The topological polar surface area (TPSA) is 114 Å². The molecule has 10 heteroatoms. The number of carbonyl (C=O) groups excluding carboxylic acids is 1. The molecule has 0 spiro atoms. The summed E-state index contributed by atoms with van der Waals surface area (Å²) in [4.78, 5) is 14.3. The maximum atomic E-state index is 13.4. The molecule has 1 saturated heterocycles. The molecule has 3 atom stereocenters. The van der Waals surface area contributed by atoms with Crippen LogP contribution >= 0.6 is 11.6 Å². The highest BCUT2D eigenvalue weighted by Gasteiger charge is 2.51. The molecule has 29 heavy (non-hydrogen) atoms. The predicted molar refractivity (Wildman–Crippen MR) is 108 cm³/mol. The van der Waals surface area contributed by atoms with Crippen molar-refractivity contribution in [3.63, 3.8) is 0 Å². The summed E-state index contributed by atoms with van der Waals surface area (Å²) >= 11 is 5.79. The van der Waals surface area contributed by atoms with Gasteiger partial charge in [-0.25, -0.2) is 13.4 Å². The molecule has 0 bridgehead atoms. The van der Waals surface area contributed by atoms with E-state index in [-0.39, 0.29) is 24.5 Å². The fourth-order valence-corrected chi connectivity index (χ4v) is 4.15. The zero-order chi connectivity index (χ0) is 21.4. The Hall–Kier alpha value is -2.20. The van der Waals surface area contributed by atoms with Gasteiger partial charge in [-0.2, -0.15) is 0 Å². The minimum absolute atomic E-state index is 0.0192. The molecule has 4 N–H and O–H groups in total. The van der Waals surface area contributed by atoms with Crippen molar-refractivity contribution in [2.24, 2.45) is 0 Å². The Morgan fingerprint density at radius 1 is 1.38 bits per heavy atom. The highest BCUT2D eigenvalue weighted by Crippen LogP contribution is 2.32. The molecule has 7 nitrogen and oxygen atoms in total. The second-order valence-corrected chi connectivity index (χ2v) is 9.63. The zero-order valence-corrected chi connectivity index (χ0v) is 17.1. The fourth-order valence-electron chi connectivity index (χ4n) is 3.25. The van der Waals surface area contributed by atoms with Crippen molar-refractivity contribution in [1.82, 2.24) is 5.32 Å². The molecule has 0 aliphatic carbocycles. The molecular formula is C19H21ClFN3O4S. The molecule has 1 heterocycles. The van der Waals surface area contributed by atoms with Gasteiger partial charge in [0.25, 0.3) is 5.91 Å². The number of hydrogen-bond donors (Lipinski definition) is 4. The summed E-state index contributed by atoms with van der Waals surface area (Å²) in [5.74, 6) is -1.33. The Labute approximate surface area is 173 Å². The van der Waals surface area contributed by atoms with E-state index in [0.717, 1.165) is 6.07 Å². The van der Waals surface area contributed by atoms with E-state index in [2.05, 4.69) is 5.32 Å². The Balaban J connectivity index is 1.71. The number of benzene rings is 2. The summed E-state index contributed by atoms with van der Waals surface area (Å²) in [6.45, 7) is 0.146. The first kappa shape index (κ1) is 21.5. The molecule has 156 valence electrons. The minimum atomic E-state index is -2.86. The summed E-state index contributed by atoms with van der Waals surface area (Å²) in [7, 11) is -2.86. The van der Waals surface area contributed by atoms with Crippen LogP contribution in [0.15, 0.2) is 47.4 Å². The monoisotopic (exact) mass is 441 g/mol. The van der Waals surface area contributed by atoms with Gasteiger partial charge < -0.3 is 20.4 Å². The van der Waals surface area contributed by atoms with E-state index in [9.17, 15) is 23.6 Å². The third kappa shape index (κ3) is 4.53. The summed E-state index contributed by atoms with van der Waals surface area (Å²) in [5.41, 5.74) is -1.11. The van der Waals surface area contributed by atoms with E-state index in [4.69, 9.17) is 16.4 Å². The van der Waals surface area contributed by atoms with E-state index < -0.39 is 33.3 Å². The fraction of sp³-hybridized carbons (Fsp3) is 0.316. The van der Waals surface area contributed by atoms with Crippen molar-refractivity contribution in [1.29, 1.82) is 4.78 Å². The van der Waals surface area contributed by atoms with Crippen molar-refractivity contribution in [3.05, 3.63) is 58.9 Å². The third-order valence-corrected chi connectivity index (χ3v) is 6.23. The third-order valence-electron chi connectivity index (χ3n) is 4.84. The normalized spacial score (nSPS) is 23.6. The molecule has 1 unspecified atom stereocenters. The van der Waals surface area contributed by atoms with Crippen LogP contribution in [0.2, 0.25) is 5.02 Å². The number of rotatable bonds is 5. The number of aliphatic hydroxyl groups is 2. The minimum Gasteiger partial charge on any atom is -0.376 e. The number of hydrogen-bond acceptors (Lipinski definition) is 6. The van der Waals surface area contributed by atoms with Crippen molar-refractivity contribution in [3.8, 4) is 0 Å². The maximum absolute atomic E-state index is 13.4. The van der Waals surface area contributed by atoms with Crippen molar-refractivity contribution in [2.75, 3.05) is 17.7 Å². The summed E-state index contributed by atoms with van der Waals surface area (Å²) in [6, 6.07) is 10.0. The molecule has 0 aromatic heterocycles. The lowest BCUT2D eigenvalue weighted by Crippen LogP contribution is -2.55. The molecule has 0 saturated carbocycles. The van der Waals surface area contributed by atoms with Gasteiger partial charge in [0.05, 0.1) is 9.73 Å². The van der Waals surface area contributed by atoms with E-state index in [1.54, 1.807) is 12.1 Å². The van der Waals surface area contributed by atoms with Crippen LogP contribution in [0.4, 0.5) is 10.1 Å². The van der Waals surface area contributed by atoms with E-state index in [1.807, 2.05) is 0 Å².